The van der Waals surface area contributed by atoms with Crippen LogP contribution in [0, 0.1) is 6.92 Å². The number of hydrogen-bond donors (Lipinski definition) is 3. The van der Waals surface area contributed by atoms with E-state index in [0.29, 0.717) is 6.54 Å². The first kappa shape index (κ1) is 18.4. The van der Waals surface area contributed by atoms with Gasteiger partial charge in [0.25, 0.3) is 0 Å². The van der Waals surface area contributed by atoms with Crippen LogP contribution in [0.5, 0.6) is 0 Å². The number of benzene rings is 1. The highest BCUT2D eigenvalue weighted by molar-refractivity contribution is 7.09. The van der Waals surface area contributed by atoms with E-state index in [1.807, 2.05) is 36.6 Å². The van der Waals surface area contributed by atoms with Crippen molar-refractivity contribution < 1.29 is 9.90 Å². The van der Waals surface area contributed by atoms with Crippen LogP contribution in [0.2, 0.25) is 0 Å². The fraction of sp³-hybridized carbons (Fsp3) is 0.444. The highest BCUT2D eigenvalue weighted by Gasteiger charge is 2.18. The van der Waals surface area contributed by atoms with E-state index < -0.39 is 6.10 Å². The van der Waals surface area contributed by atoms with Gasteiger partial charge >= 0.3 is 6.03 Å². The molecule has 2 rings (SSSR count). The summed E-state index contributed by atoms with van der Waals surface area (Å²) in [6.07, 6.45) is -0.719. The minimum Gasteiger partial charge on any atom is -0.387 e. The first-order valence-corrected chi connectivity index (χ1v) is 8.85. The fourth-order valence-corrected chi connectivity index (χ4v) is 3.13. The number of carbonyl (C=O) groups excluding carboxylic acids is 1. The summed E-state index contributed by atoms with van der Waals surface area (Å²) < 4.78 is 0. The number of aromatic nitrogens is 1. The molecular formula is C18H25N3O2S. The standard InChI is InChI=1S/C18H25N3O2S/c1-12-7-5-6-8-14(12)15(22)10-20-17(23)19-9-13-11-24-16(21-13)18(2,3)4/h5-8,11,15,22H,9-10H2,1-4H3,(H2,19,20,23). The number of hydrogen-bond acceptors (Lipinski definition) is 4. The number of rotatable bonds is 5. The normalized spacial score (nSPS) is 12.7. The van der Waals surface area contributed by atoms with E-state index in [0.717, 1.165) is 21.8 Å². The average molecular weight is 347 g/mol. The lowest BCUT2D eigenvalue weighted by atomic mass is 9.98. The fourth-order valence-electron chi connectivity index (χ4n) is 2.23. The van der Waals surface area contributed by atoms with Crippen molar-refractivity contribution in [1.82, 2.24) is 15.6 Å². The molecule has 0 spiro atoms. The molecule has 0 fully saturated rings. The molecule has 2 amide bonds. The molecule has 0 saturated heterocycles. The summed E-state index contributed by atoms with van der Waals surface area (Å²) >= 11 is 1.60. The summed E-state index contributed by atoms with van der Waals surface area (Å²) in [7, 11) is 0. The molecule has 1 aromatic carbocycles. The number of aliphatic hydroxyl groups is 1. The molecule has 1 heterocycles. The van der Waals surface area contributed by atoms with E-state index >= 15 is 0 Å². The lowest BCUT2D eigenvalue weighted by Gasteiger charge is -2.15. The molecule has 130 valence electrons. The van der Waals surface area contributed by atoms with E-state index in [2.05, 4.69) is 36.4 Å². The molecule has 3 N–H and O–H groups in total. The Bertz CT molecular complexity index is 692. The zero-order valence-electron chi connectivity index (χ0n) is 14.6. The van der Waals surface area contributed by atoms with E-state index in [1.165, 1.54) is 0 Å². The topological polar surface area (TPSA) is 74.2 Å². The number of aliphatic hydroxyl groups excluding tert-OH is 1. The summed E-state index contributed by atoms with van der Waals surface area (Å²) in [5, 5.41) is 18.6. The van der Waals surface area contributed by atoms with Gasteiger partial charge in [-0.15, -0.1) is 11.3 Å². The van der Waals surface area contributed by atoms with Gasteiger partial charge in [0, 0.05) is 17.3 Å². The minimum atomic E-state index is -0.719. The highest BCUT2D eigenvalue weighted by Crippen LogP contribution is 2.25. The summed E-state index contributed by atoms with van der Waals surface area (Å²) in [4.78, 5) is 16.4. The Morgan fingerprint density at radius 1 is 1.29 bits per heavy atom. The zero-order chi connectivity index (χ0) is 17.7. The van der Waals surface area contributed by atoms with Crippen LogP contribution in [0.3, 0.4) is 0 Å². The van der Waals surface area contributed by atoms with Crippen molar-refractivity contribution in [3.63, 3.8) is 0 Å². The zero-order valence-corrected chi connectivity index (χ0v) is 15.4. The first-order valence-electron chi connectivity index (χ1n) is 7.97. The van der Waals surface area contributed by atoms with Crippen LogP contribution in [-0.4, -0.2) is 22.7 Å². The molecule has 0 radical (unpaired) electrons. The number of carbonyl (C=O) groups is 1. The maximum absolute atomic E-state index is 11.9. The van der Waals surface area contributed by atoms with Crippen LogP contribution >= 0.6 is 11.3 Å². The predicted molar refractivity (Wildman–Crippen MR) is 97.2 cm³/mol. The van der Waals surface area contributed by atoms with Crippen molar-refractivity contribution in [1.29, 1.82) is 0 Å². The smallest absolute Gasteiger partial charge is 0.315 e. The Hall–Kier alpha value is -1.92. The molecule has 0 aliphatic carbocycles. The molecule has 5 nitrogen and oxygen atoms in total. The van der Waals surface area contributed by atoms with E-state index in [1.54, 1.807) is 11.3 Å². The van der Waals surface area contributed by atoms with Crippen LogP contribution in [0.25, 0.3) is 0 Å². The number of amides is 2. The molecule has 1 aromatic heterocycles. The summed E-state index contributed by atoms with van der Waals surface area (Å²) in [6, 6.07) is 7.29. The van der Waals surface area contributed by atoms with Gasteiger partial charge in [-0.2, -0.15) is 0 Å². The third-order valence-electron chi connectivity index (χ3n) is 3.63. The van der Waals surface area contributed by atoms with Crippen molar-refractivity contribution >= 4 is 17.4 Å². The summed E-state index contributed by atoms with van der Waals surface area (Å²) in [5.74, 6) is 0. The van der Waals surface area contributed by atoms with Crippen molar-refractivity contribution in [2.45, 2.75) is 45.8 Å². The first-order chi connectivity index (χ1) is 11.3. The Balaban J connectivity index is 1.79. The van der Waals surface area contributed by atoms with Gasteiger partial charge in [-0.25, -0.2) is 9.78 Å². The molecule has 24 heavy (non-hydrogen) atoms. The second-order valence-corrected chi connectivity index (χ2v) is 7.69. The number of aryl methyl sites for hydroxylation is 1. The molecule has 0 saturated carbocycles. The van der Waals surface area contributed by atoms with Gasteiger partial charge in [0.1, 0.15) is 0 Å². The van der Waals surface area contributed by atoms with Crippen LogP contribution in [0.1, 0.15) is 48.7 Å². The molecule has 0 aliphatic rings. The Morgan fingerprint density at radius 2 is 2.00 bits per heavy atom. The largest absolute Gasteiger partial charge is 0.387 e. The van der Waals surface area contributed by atoms with Gasteiger partial charge in [0.15, 0.2) is 0 Å². The minimum absolute atomic E-state index is 0.0167. The second-order valence-electron chi connectivity index (χ2n) is 6.83. The third-order valence-corrected chi connectivity index (χ3v) is 4.94. The predicted octanol–water partition coefficient (Wildman–Crippen LogP) is 3.28. The summed E-state index contributed by atoms with van der Waals surface area (Å²) in [5.41, 5.74) is 2.69. The Morgan fingerprint density at radius 3 is 2.62 bits per heavy atom. The van der Waals surface area contributed by atoms with Gasteiger partial charge < -0.3 is 15.7 Å². The van der Waals surface area contributed by atoms with Gasteiger partial charge in [-0.05, 0) is 18.1 Å². The van der Waals surface area contributed by atoms with Crippen molar-refractivity contribution in [3.05, 3.63) is 51.5 Å². The van der Waals surface area contributed by atoms with E-state index in [-0.39, 0.29) is 18.0 Å². The molecule has 0 aliphatic heterocycles. The number of nitrogens with zero attached hydrogens (tertiary/aromatic N) is 1. The van der Waals surface area contributed by atoms with Gasteiger partial charge in [-0.3, -0.25) is 0 Å². The molecule has 1 atom stereocenters. The summed E-state index contributed by atoms with van der Waals surface area (Å²) in [6.45, 7) is 8.82. The van der Waals surface area contributed by atoms with E-state index in [4.69, 9.17) is 0 Å². The second kappa shape index (κ2) is 7.77. The van der Waals surface area contributed by atoms with Crippen molar-refractivity contribution in [3.8, 4) is 0 Å². The highest BCUT2D eigenvalue weighted by atomic mass is 32.1. The van der Waals surface area contributed by atoms with Crippen LogP contribution in [0.15, 0.2) is 29.6 Å². The molecular weight excluding hydrogens is 322 g/mol. The van der Waals surface area contributed by atoms with E-state index in [9.17, 15) is 9.90 Å². The SMILES string of the molecule is Cc1ccccc1C(O)CNC(=O)NCc1csc(C(C)(C)C)n1. The van der Waals surface area contributed by atoms with Gasteiger partial charge in [0.05, 0.1) is 23.4 Å². The van der Waals surface area contributed by atoms with Gasteiger partial charge in [0.2, 0.25) is 0 Å². The molecule has 2 aromatic rings. The van der Waals surface area contributed by atoms with Crippen LogP contribution < -0.4 is 10.6 Å². The number of thiazole rings is 1. The maximum Gasteiger partial charge on any atom is 0.315 e. The Kier molecular flexibility index (Phi) is 5.96. The average Bonchev–Trinajstić information content (AvgIpc) is 3.00. The molecule has 6 heteroatoms. The van der Waals surface area contributed by atoms with Crippen LogP contribution in [0.4, 0.5) is 4.79 Å². The molecule has 0 bridgehead atoms. The maximum atomic E-state index is 11.9. The molecule has 1 unspecified atom stereocenters. The third kappa shape index (κ3) is 5.04. The van der Waals surface area contributed by atoms with Gasteiger partial charge in [-0.1, -0.05) is 45.0 Å². The van der Waals surface area contributed by atoms with Crippen molar-refractivity contribution in [2.75, 3.05) is 6.54 Å². The van der Waals surface area contributed by atoms with Crippen LogP contribution in [-0.2, 0) is 12.0 Å². The monoisotopic (exact) mass is 347 g/mol. The lowest BCUT2D eigenvalue weighted by molar-refractivity contribution is 0.172. The number of urea groups is 1. The van der Waals surface area contributed by atoms with Crippen molar-refractivity contribution in [2.24, 2.45) is 0 Å². The number of nitrogens with one attached hydrogen (secondary N) is 2. The lowest BCUT2D eigenvalue weighted by Crippen LogP contribution is -2.37. The Labute approximate surface area is 147 Å². The quantitative estimate of drug-likeness (QED) is 0.777.